The van der Waals surface area contributed by atoms with Gasteiger partial charge in [0.05, 0.1) is 6.10 Å². The number of aliphatic hydroxyl groups is 4. The number of aldehydes is 1. The normalized spacial score (nSPS) is 21.9. The average molecular weight is 165 g/mol. The summed E-state index contributed by atoms with van der Waals surface area (Å²) in [6.07, 6.45) is -5.88. The number of aliphatic hydroxyl groups excluding tert-OH is 4. The van der Waals surface area contributed by atoms with Crippen molar-refractivity contribution in [3.63, 3.8) is 0 Å². The summed E-state index contributed by atoms with van der Waals surface area (Å²) in [7, 11) is 0. The fourth-order valence-corrected chi connectivity index (χ4v) is 0.568. The molecular weight excluding hydrogens is 153 g/mol. The predicted molar refractivity (Wildman–Crippen MR) is 35.8 cm³/mol. The molecule has 0 aromatic carbocycles. The van der Waals surface area contributed by atoms with Crippen LogP contribution in [0.1, 0.15) is 6.92 Å². The second-order valence-corrected chi connectivity index (χ2v) is 2.35. The van der Waals surface area contributed by atoms with Crippen molar-refractivity contribution in [2.75, 3.05) is 0 Å². The summed E-state index contributed by atoms with van der Waals surface area (Å²) >= 11 is 0. The second kappa shape index (κ2) is 4.40. The molecule has 4 atom stereocenters. The summed E-state index contributed by atoms with van der Waals surface area (Å²) < 4.78 is 0. The van der Waals surface area contributed by atoms with Gasteiger partial charge in [-0.25, -0.2) is 0 Å². The summed E-state index contributed by atoms with van der Waals surface area (Å²) in [5, 5.41) is 35.1. The lowest BCUT2D eigenvalue weighted by molar-refractivity contribution is -0.132. The SMILES string of the molecule is C[C@H](O)[C@@H](O)[13C@H](O)[C@H](O)C=O. The van der Waals surface area contributed by atoms with Gasteiger partial charge in [0.25, 0.3) is 0 Å². The molecule has 0 aromatic heterocycles. The second-order valence-electron chi connectivity index (χ2n) is 2.35. The van der Waals surface area contributed by atoms with Crippen LogP contribution in [0.5, 0.6) is 0 Å². The van der Waals surface area contributed by atoms with Crippen LogP contribution < -0.4 is 0 Å². The van der Waals surface area contributed by atoms with Crippen molar-refractivity contribution < 1.29 is 25.2 Å². The predicted octanol–water partition coefficient (Wildman–Crippen LogP) is -2.35. The monoisotopic (exact) mass is 165 g/mol. The summed E-state index contributed by atoms with van der Waals surface area (Å²) in [5.41, 5.74) is 0. The first kappa shape index (κ1) is 10.5. The number of rotatable bonds is 4. The molecule has 0 spiro atoms. The van der Waals surface area contributed by atoms with E-state index < -0.39 is 24.4 Å². The quantitative estimate of drug-likeness (QED) is 0.276. The smallest absolute Gasteiger partial charge is 0.151 e. The summed E-state index contributed by atoms with van der Waals surface area (Å²) in [6.45, 7) is 1.24. The molecule has 5 heteroatoms. The van der Waals surface area contributed by atoms with Crippen LogP contribution in [0, 0.1) is 0 Å². The molecule has 0 saturated heterocycles. The molecule has 0 unspecified atom stereocenters. The van der Waals surface area contributed by atoms with Crippen LogP contribution in [0.3, 0.4) is 0 Å². The van der Waals surface area contributed by atoms with E-state index >= 15 is 0 Å². The Kier molecular flexibility index (Phi) is 4.20. The summed E-state index contributed by atoms with van der Waals surface area (Å²) in [4.78, 5) is 9.87. The van der Waals surface area contributed by atoms with Gasteiger partial charge in [0, 0.05) is 0 Å². The van der Waals surface area contributed by atoms with E-state index in [1.807, 2.05) is 0 Å². The van der Waals surface area contributed by atoms with Crippen molar-refractivity contribution in [3.05, 3.63) is 0 Å². The molecule has 0 aliphatic rings. The van der Waals surface area contributed by atoms with E-state index in [0.717, 1.165) is 0 Å². The fraction of sp³-hybridized carbons (Fsp3) is 0.833. The van der Waals surface area contributed by atoms with Crippen molar-refractivity contribution in [2.24, 2.45) is 0 Å². The third-order valence-corrected chi connectivity index (χ3v) is 1.33. The lowest BCUT2D eigenvalue weighted by Crippen LogP contribution is -2.43. The first-order chi connectivity index (χ1) is 5.00. The number of carbonyl (C=O) groups excluding carboxylic acids is 1. The maximum Gasteiger partial charge on any atom is 0.151 e. The zero-order chi connectivity index (χ0) is 9.02. The lowest BCUT2D eigenvalue weighted by atomic mass is 10.2. The number of hydrogen-bond donors (Lipinski definition) is 4. The molecular formula is C6H12O5. The average Bonchev–Trinajstić information content (AvgIpc) is 2.00. The zero-order valence-corrected chi connectivity index (χ0v) is 6.08. The molecule has 5 nitrogen and oxygen atoms in total. The molecule has 0 aliphatic carbocycles. The molecule has 0 bridgehead atoms. The minimum atomic E-state index is -1.65. The van der Waals surface area contributed by atoms with Crippen LogP contribution in [0.2, 0.25) is 0 Å². The van der Waals surface area contributed by atoms with Crippen molar-refractivity contribution >= 4 is 6.29 Å². The molecule has 4 N–H and O–H groups in total. The highest BCUT2D eigenvalue weighted by atomic mass is 16.4. The van der Waals surface area contributed by atoms with Gasteiger partial charge in [0.2, 0.25) is 0 Å². The highest BCUT2D eigenvalue weighted by molar-refractivity contribution is 5.56. The van der Waals surface area contributed by atoms with Crippen LogP contribution in [-0.4, -0.2) is 51.1 Å². The molecule has 11 heavy (non-hydrogen) atoms. The lowest BCUT2D eigenvalue weighted by Gasteiger charge is -2.21. The standard InChI is InChI=1S/C6H12O5/c1-3(8)5(10)6(11)4(9)2-7/h2-6,8-11H,1H3/t3-,4+,5+,6+/m0/s1/i6+1. The highest BCUT2D eigenvalue weighted by Gasteiger charge is 2.27. The van der Waals surface area contributed by atoms with Crippen molar-refractivity contribution in [2.45, 2.75) is 31.3 Å². The largest absolute Gasteiger partial charge is 0.391 e. The van der Waals surface area contributed by atoms with E-state index in [4.69, 9.17) is 20.4 Å². The Morgan fingerprint density at radius 3 is 1.82 bits per heavy atom. The van der Waals surface area contributed by atoms with Gasteiger partial charge in [-0.05, 0) is 6.92 Å². The molecule has 0 aliphatic heterocycles. The molecule has 66 valence electrons. The van der Waals surface area contributed by atoms with Gasteiger partial charge in [-0.2, -0.15) is 0 Å². The highest BCUT2D eigenvalue weighted by Crippen LogP contribution is 2.02. The van der Waals surface area contributed by atoms with E-state index in [-0.39, 0.29) is 6.29 Å². The van der Waals surface area contributed by atoms with Gasteiger partial charge in [0.15, 0.2) is 6.29 Å². The molecule has 0 aromatic rings. The van der Waals surface area contributed by atoms with Crippen molar-refractivity contribution in [1.82, 2.24) is 0 Å². The van der Waals surface area contributed by atoms with Crippen molar-refractivity contribution in [3.8, 4) is 0 Å². The van der Waals surface area contributed by atoms with E-state index in [9.17, 15) is 4.79 Å². The minimum Gasteiger partial charge on any atom is -0.391 e. The Morgan fingerprint density at radius 1 is 1.09 bits per heavy atom. The summed E-state index contributed by atoms with van der Waals surface area (Å²) in [5.74, 6) is 0. The van der Waals surface area contributed by atoms with Crippen LogP contribution in [0.15, 0.2) is 0 Å². The minimum absolute atomic E-state index is 0.0935. The van der Waals surface area contributed by atoms with Gasteiger partial charge in [0.1, 0.15) is 18.3 Å². The van der Waals surface area contributed by atoms with E-state index in [1.54, 1.807) is 0 Å². The molecule has 0 amide bonds. The summed E-state index contributed by atoms with van der Waals surface area (Å²) in [6, 6.07) is 0. The van der Waals surface area contributed by atoms with E-state index in [1.165, 1.54) is 6.92 Å². The third kappa shape index (κ3) is 2.94. The van der Waals surface area contributed by atoms with Gasteiger partial charge in [-0.15, -0.1) is 0 Å². The van der Waals surface area contributed by atoms with E-state index in [2.05, 4.69) is 0 Å². The number of hydrogen-bond acceptors (Lipinski definition) is 5. The third-order valence-electron chi connectivity index (χ3n) is 1.33. The van der Waals surface area contributed by atoms with Gasteiger partial charge >= 0.3 is 0 Å². The van der Waals surface area contributed by atoms with Crippen molar-refractivity contribution in [1.29, 1.82) is 0 Å². The molecule has 0 fully saturated rings. The molecule has 0 saturated carbocycles. The molecule has 0 heterocycles. The molecule has 0 rings (SSSR count). The Bertz CT molecular complexity index is 124. The number of carbonyl (C=O) groups is 1. The maximum atomic E-state index is 9.87. The Labute approximate surface area is 63.9 Å². The van der Waals surface area contributed by atoms with E-state index in [0.29, 0.717) is 0 Å². The van der Waals surface area contributed by atoms with Crippen LogP contribution in [-0.2, 0) is 4.79 Å². The Morgan fingerprint density at radius 2 is 1.55 bits per heavy atom. The first-order valence-electron chi connectivity index (χ1n) is 3.18. The van der Waals surface area contributed by atoms with Gasteiger partial charge < -0.3 is 25.2 Å². The maximum absolute atomic E-state index is 9.87. The zero-order valence-electron chi connectivity index (χ0n) is 6.08. The molecule has 0 radical (unpaired) electrons. The van der Waals surface area contributed by atoms with Crippen LogP contribution in [0.25, 0.3) is 0 Å². The topological polar surface area (TPSA) is 98.0 Å². The van der Waals surface area contributed by atoms with Crippen LogP contribution >= 0.6 is 0 Å². The Hall–Kier alpha value is -0.490. The first-order valence-corrected chi connectivity index (χ1v) is 3.18. The van der Waals surface area contributed by atoms with Gasteiger partial charge in [-0.1, -0.05) is 0 Å². The van der Waals surface area contributed by atoms with Gasteiger partial charge in [-0.3, -0.25) is 0 Å². The van der Waals surface area contributed by atoms with Crippen LogP contribution in [0.4, 0.5) is 0 Å². The Balaban J connectivity index is 4.00. The fourth-order valence-electron chi connectivity index (χ4n) is 0.568.